The van der Waals surface area contributed by atoms with Crippen molar-refractivity contribution in [2.45, 2.75) is 26.0 Å². The quantitative estimate of drug-likeness (QED) is 0.541. The van der Waals surface area contributed by atoms with Crippen molar-refractivity contribution in [3.05, 3.63) is 76.6 Å². The van der Waals surface area contributed by atoms with Gasteiger partial charge in [-0.2, -0.15) is 0 Å². The van der Waals surface area contributed by atoms with E-state index in [2.05, 4.69) is 10.3 Å². The lowest BCUT2D eigenvalue weighted by Gasteiger charge is -2.39. The van der Waals surface area contributed by atoms with Crippen LogP contribution in [0.5, 0.6) is 0 Å². The summed E-state index contributed by atoms with van der Waals surface area (Å²) in [6.45, 7) is 3.91. The average Bonchev–Trinajstić information content (AvgIpc) is 3.08. The van der Waals surface area contributed by atoms with E-state index in [1.165, 1.54) is 0 Å². The molecule has 1 aromatic heterocycles. The normalized spacial score (nSPS) is 18.2. The van der Waals surface area contributed by atoms with E-state index in [9.17, 15) is 9.59 Å². The summed E-state index contributed by atoms with van der Waals surface area (Å²) in [5, 5.41) is 4.64. The molecule has 2 aromatic carbocycles. The van der Waals surface area contributed by atoms with Gasteiger partial charge in [-0.3, -0.25) is 14.6 Å². The van der Waals surface area contributed by atoms with Crippen molar-refractivity contribution in [2.24, 2.45) is 4.99 Å². The van der Waals surface area contributed by atoms with Gasteiger partial charge in [-0.25, -0.2) is 0 Å². The van der Waals surface area contributed by atoms with Crippen molar-refractivity contribution < 1.29 is 18.7 Å². The Hall–Kier alpha value is -3.62. The van der Waals surface area contributed by atoms with E-state index >= 15 is 0 Å². The van der Waals surface area contributed by atoms with Gasteiger partial charge in [-0.05, 0) is 42.7 Å². The fourth-order valence-corrected chi connectivity index (χ4v) is 5.08. The summed E-state index contributed by atoms with van der Waals surface area (Å²) in [4.78, 5) is 34.8. The number of amidine groups is 1. The number of hydrogen-bond donors (Lipinski definition) is 1. The summed E-state index contributed by atoms with van der Waals surface area (Å²) in [5.41, 5.74) is 3.44. The molecule has 2 amide bonds. The van der Waals surface area contributed by atoms with Crippen molar-refractivity contribution in [1.82, 2.24) is 15.1 Å². The van der Waals surface area contributed by atoms with Gasteiger partial charge < -0.3 is 24.3 Å². The Morgan fingerprint density at radius 1 is 1.16 bits per heavy atom. The molecule has 2 aliphatic heterocycles. The van der Waals surface area contributed by atoms with E-state index in [0.717, 1.165) is 22.1 Å². The number of benzene rings is 2. The zero-order valence-corrected chi connectivity index (χ0v) is 21.6. The molecule has 5 rings (SSSR count). The van der Waals surface area contributed by atoms with E-state index < -0.39 is 0 Å². The number of nitrogens with zero attached hydrogens (tertiary/aromatic N) is 3. The molecule has 9 heteroatoms. The lowest BCUT2D eigenvalue weighted by atomic mass is 10.0. The highest BCUT2D eigenvalue weighted by atomic mass is 35.5. The van der Waals surface area contributed by atoms with E-state index in [1.54, 1.807) is 16.9 Å². The highest BCUT2D eigenvalue weighted by molar-refractivity contribution is 6.38. The maximum Gasteiger partial charge on any atom is 0.290 e. The first-order valence-corrected chi connectivity index (χ1v) is 12.7. The standard InChI is InChI=1S/C28H29ClN4O4/c1-18-16-32(28(35)26-30-11-10-20(15-31-26)19-6-5-7-21(29)14-19)12-13-33(18)27(34)25-23(17-36-2)22-8-3-4-9-24(22)37-25/h3-9,14-15,18H,10-13,16-17H2,1-2H3,(H,30,31). The third-order valence-electron chi connectivity index (χ3n) is 6.79. The van der Waals surface area contributed by atoms with Crippen LogP contribution in [0.25, 0.3) is 16.5 Å². The molecule has 0 spiro atoms. The molecule has 1 saturated heterocycles. The minimum atomic E-state index is -0.197. The first-order chi connectivity index (χ1) is 18.0. The van der Waals surface area contributed by atoms with Gasteiger partial charge in [-0.1, -0.05) is 41.9 Å². The van der Waals surface area contributed by atoms with E-state index in [-0.39, 0.29) is 24.5 Å². The Labute approximate surface area is 220 Å². The molecule has 0 aliphatic carbocycles. The molecule has 0 radical (unpaired) electrons. The highest BCUT2D eigenvalue weighted by Crippen LogP contribution is 2.29. The maximum atomic E-state index is 13.5. The summed E-state index contributed by atoms with van der Waals surface area (Å²) in [6.07, 6.45) is 2.53. The Bertz CT molecular complexity index is 1400. The highest BCUT2D eigenvalue weighted by Gasteiger charge is 2.34. The Morgan fingerprint density at radius 3 is 2.78 bits per heavy atom. The third-order valence-corrected chi connectivity index (χ3v) is 7.02. The molecule has 2 aliphatic rings. The minimum Gasteiger partial charge on any atom is -0.451 e. The number of aliphatic imine (C=N–C) groups is 1. The summed E-state index contributed by atoms with van der Waals surface area (Å²) in [7, 11) is 1.60. The van der Waals surface area contributed by atoms with Crippen LogP contribution in [0.2, 0.25) is 5.02 Å². The van der Waals surface area contributed by atoms with Crippen LogP contribution in [0.1, 0.15) is 35.0 Å². The zero-order chi connectivity index (χ0) is 25.9. The third kappa shape index (κ3) is 5.12. The molecule has 1 fully saturated rings. The van der Waals surface area contributed by atoms with Crippen molar-refractivity contribution in [3.8, 4) is 0 Å². The zero-order valence-electron chi connectivity index (χ0n) is 20.9. The van der Waals surface area contributed by atoms with Crippen LogP contribution in [0.3, 0.4) is 0 Å². The van der Waals surface area contributed by atoms with Crippen LogP contribution < -0.4 is 5.32 Å². The number of piperazine rings is 1. The molecular formula is C28H29ClN4O4. The number of amides is 2. The second kappa shape index (κ2) is 10.8. The predicted octanol–water partition coefficient (Wildman–Crippen LogP) is 4.34. The molecule has 192 valence electrons. The Morgan fingerprint density at radius 2 is 2.00 bits per heavy atom. The second-order valence-corrected chi connectivity index (χ2v) is 9.68. The largest absolute Gasteiger partial charge is 0.451 e. The second-order valence-electron chi connectivity index (χ2n) is 9.24. The summed E-state index contributed by atoms with van der Waals surface area (Å²) >= 11 is 6.14. The molecular weight excluding hydrogens is 492 g/mol. The molecule has 3 heterocycles. The van der Waals surface area contributed by atoms with E-state index in [4.69, 9.17) is 20.8 Å². The van der Waals surface area contributed by atoms with Crippen LogP contribution in [0.15, 0.2) is 64.1 Å². The number of carbonyl (C=O) groups is 2. The summed E-state index contributed by atoms with van der Waals surface area (Å²) in [6, 6.07) is 15.0. The van der Waals surface area contributed by atoms with Crippen LogP contribution in [-0.2, 0) is 16.1 Å². The molecule has 8 nitrogen and oxygen atoms in total. The number of carbonyl (C=O) groups excluding carboxylic acids is 2. The van der Waals surface area contributed by atoms with E-state index in [0.29, 0.717) is 54.8 Å². The number of fused-ring (bicyclic) bond motifs is 1. The van der Waals surface area contributed by atoms with Crippen molar-refractivity contribution in [1.29, 1.82) is 0 Å². The van der Waals surface area contributed by atoms with Gasteiger partial charge in [0.25, 0.3) is 11.8 Å². The molecule has 3 aromatic rings. The van der Waals surface area contributed by atoms with Gasteiger partial charge in [0.15, 0.2) is 11.6 Å². The first kappa shape index (κ1) is 25.0. The topological polar surface area (TPSA) is 87.4 Å². The molecule has 0 bridgehead atoms. The molecule has 1 atom stereocenters. The van der Waals surface area contributed by atoms with E-state index in [1.807, 2.05) is 61.7 Å². The van der Waals surface area contributed by atoms with Gasteiger partial charge in [0, 0.05) is 61.5 Å². The number of methoxy groups -OCH3 is 1. The minimum absolute atomic E-state index is 0.175. The number of ether oxygens (including phenoxy) is 1. The number of rotatable bonds is 5. The van der Waals surface area contributed by atoms with Gasteiger partial charge >= 0.3 is 0 Å². The van der Waals surface area contributed by atoms with Crippen molar-refractivity contribution in [2.75, 3.05) is 33.3 Å². The number of halogens is 1. The van der Waals surface area contributed by atoms with Gasteiger partial charge in [0.05, 0.1) is 6.61 Å². The smallest absolute Gasteiger partial charge is 0.290 e. The van der Waals surface area contributed by atoms with Gasteiger partial charge in [-0.15, -0.1) is 0 Å². The lowest BCUT2D eigenvalue weighted by Crippen LogP contribution is -2.57. The maximum absolute atomic E-state index is 13.5. The van der Waals surface area contributed by atoms with Crippen LogP contribution in [0, 0.1) is 0 Å². The van der Waals surface area contributed by atoms with Gasteiger partial charge in [0.1, 0.15) is 5.58 Å². The van der Waals surface area contributed by atoms with Gasteiger partial charge in [0.2, 0.25) is 0 Å². The van der Waals surface area contributed by atoms with Crippen LogP contribution in [-0.4, -0.2) is 66.8 Å². The lowest BCUT2D eigenvalue weighted by molar-refractivity contribution is -0.126. The first-order valence-electron chi connectivity index (χ1n) is 12.3. The fraction of sp³-hybridized carbons (Fsp3) is 0.321. The number of para-hydroxylation sites is 1. The monoisotopic (exact) mass is 520 g/mol. The number of nitrogens with one attached hydrogen (secondary N) is 1. The fourth-order valence-electron chi connectivity index (χ4n) is 4.89. The molecule has 37 heavy (non-hydrogen) atoms. The summed E-state index contributed by atoms with van der Waals surface area (Å²) in [5.74, 6) is 0.236. The number of furan rings is 1. The Kier molecular flexibility index (Phi) is 7.30. The molecule has 0 saturated carbocycles. The Balaban J connectivity index is 1.27. The molecule has 1 N–H and O–H groups in total. The SMILES string of the molecule is COCc1c(C(=O)N2CCN(C(=O)C3=NCCC(c4cccc(Cl)c4)=CN3)CC2C)oc2ccccc12. The number of hydrogen-bond acceptors (Lipinski definition) is 6. The average molecular weight is 521 g/mol. The summed E-state index contributed by atoms with van der Waals surface area (Å²) < 4.78 is 11.3. The van der Waals surface area contributed by atoms with Crippen molar-refractivity contribution >= 4 is 45.8 Å². The van der Waals surface area contributed by atoms with Crippen LogP contribution in [0.4, 0.5) is 0 Å². The predicted molar refractivity (Wildman–Crippen MR) is 143 cm³/mol. The molecule has 1 unspecified atom stereocenters. The van der Waals surface area contributed by atoms with Crippen molar-refractivity contribution in [3.63, 3.8) is 0 Å². The van der Waals surface area contributed by atoms with Crippen LogP contribution >= 0.6 is 11.6 Å².